The van der Waals surface area contributed by atoms with E-state index in [1.54, 1.807) is 0 Å². The van der Waals surface area contributed by atoms with Crippen LogP contribution in [0.1, 0.15) is 44.2 Å². The lowest BCUT2D eigenvalue weighted by Crippen LogP contribution is -2.53. The standard InChI is InChI=1S/C16H24N2O/c1-12(17)13-6-2-3-7-14(13)18-10-11-19-16-9-5-4-8-15(16)18/h2-3,6-7,12,15-16H,4-5,8-11,17H2,1H3. The number of fused-ring (bicyclic) bond motifs is 1. The van der Waals surface area contributed by atoms with Crippen molar-refractivity contribution < 1.29 is 4.74 Å². The fourth-order valence-corrected chi connectivity index (χ4v) is 3.53. The highest BCUT2D eigenvalue weighted by atomic mass is 16.5. The molecule has 2 N–H and O–H groups in total. The summed E-state index contributed by atoms with van der Waals surface area (Å²) >= 11 is 0. The third-order valence-corrected chi connectivity index (χ3v) is 4.47. The second kappa shape index (κ2) is 5.51. The van der Waals surface area contributed by atoms with Gasteiger partial charge in [0.15, 0.2) is 0 Å². The Morgan fingerprint density at radius 2 is 2.05 bits per heavy atom. The highest BCUT2D eigenvalue weighted by Crippen LogP contribution is 2.34. The number of anilines is 1. The molecule has 0 bridgehead atoms. The fraction of sp³-hybridized carbons (Fsp3) is 0.625. The third-order valence-electron chi connectivity index (χ3n) is 4.47. The lowest BCUT2D eigenvalue weighted by atomic mass is 9.89. The summed E-state index contributed by atoms with van der Waals surface area (Å²) in [5, 5.41) is 0. The van der Waals surface area contributed by atoms with Gasteiger partial charge in [-0.2, -0.15) is 0 Å². The maximum absolute atomic E-state index is 6.13. The second-order valence-electron chi connectivity index (χ2n) is 5.80. The van der Waals surface area contributed by atoms with E-state index in [0.717, 1.165) is 13.2 Å². The molecule has 1 heterocycles. The Labute approximate surface area is 115 Å². The minimum absolute atomic E-state index is 0.0843. The smallest absolute Gasteiger partial charge is 0.0779 e. The van der Waals surface area contributed by atoms with Crippen molar-refractivity contribution in [2.45, 2.75) is 50.8 Å². The molecule has 1 saturated heterocycles. The molecule has 1 aromatic carbocycles. The summed E-state index contributed by atoms with van der Waals surface area (Å²) in [6.07, 6.45) is 5.51. The topological polar surface area (TPSA) is 38.5 Å². The Balaban J connectivity index is 1.91. The van der Waals surface area contributed by atoms with Gasteiger partial charge in [0.05, 0.1) is 18.8 Å². The van der Waals surface area contributed by atoms with E-state index in [1.165, 1.54) is 36.9 Å². The van der Waals surface area contributed by atoms with Gasteiger partial charge in [-0.05, 0) is 31.4 Å². The number of nitrogens with zero attached hydrogens (tertiary/aromatic N) is 1. The molecule has 1 saturated carbocycles. The molecule has 3 rings (SSSR count). The molecule has 3 unspecified atom stereocenters. The summed E-state index contributed by atoms with van der Waals surface area (Å²) in [5.74, 6) is 0. The van der Waals surface area contributed by atoms with Crippen molar-refractivity contribution in [2.24, 2.45) is 5.73 Å². The molecule has 0 spiro atoms. The number of hydrogen-bond acceptors (Lipinski definition) is 3. The van der Waals surface area contributed by atoms with Crippen molar-refractivity contribution in [3.63, 3.8) is 0 Å². The van der Waals surface area contributed by atoms with Crippen LogP contribution in [0.25, 0.3) is 0 Å². The minimum Gasteiger partial charge on any atom is -0.374 e. The lowest BCUT2D eigenvalue weighted by Gasteiger charge is -2.46. The predicted octanol–water partition coefficient (Wildman–Crippen LogP) is 2.85. The number of ether oxygens (including phenoxy) is 1. The van der Waals surface area contributed by atoms with Crippen LogP contribution in [0.15, 0.2) is 24.3 Å². The van der Waals surface area contributed by atoms with Crippen LogP contribution in [-0.4, -0.2) is 25.3 Å². The van der Waals surface area contributed by atoms with E-state index in [2.05, 4.69) is 36.1 Å². The molecule has 0 aromatic heterocycles. The number of benzene rings is 1. The largest absolute Gasteiger partial charge is 0.374 e. The van der Waals surface area contributed by atoms with E-state index in [0.29, 0.717) is 12.1 Å². The third kappa shape index (κ3) is 2.49. The minimum atomic E-state index is 0.0843. The average molecular weight is 260 g/mol. The number of nitrogens with two attached hydrogens (primary N) is 1. The van der Waals surface area contributed by atoms with Gasteiger partial charge in [-0.25, -0.2) is 0 Å². The van der Waals surface area contributed by atoms with E-state index in [-0.39, 0.29) is 6.04 Å². The molecule has 1 aromatic rings. The van der Waals surface area contributed by atoms with E-state index in [9.17, 15) is 0 Å². The van der Waals surface area contributed by atoms with Crippen LogP contribution in [0, 0.1) is 0 Å². The molecular formula is C16H24N2O. The Hall–Kier alpha value is -1.06. The zero-order chi connectivity index (χ0) is 13.2. The molecule has 3 atom stereocenters. The van der Waals surface area contributed by atoms with E-state index >= 15 is 0 Å². The Morgan fingerprint density at radius 1 is 1.26 bits per heavy atom. The van der Waals surface area contributed by atoms with Crippen LogP contribution in [-0.2, 0) is 4.74 Å². The molecule has 3 heteroatoms. The number of morpholine rings is 1. The SMILES string of the molecule is CC(N)c1ccccc1N1CCOC2CCCCC21. The average Bonchev–Trinajstić information content (AvgIpc) is 2.46. The van der Waals surface area contributed by atoms with Gasteiger partial charge in [0.1, 0.15) is 0 Å². The predicted molar refractivity (Wildman–Crippen MR) is 78.4 cm³/mol. The summed E-state index contributed by atoms with van der Waals surface area (Å²) in [7, 11) is 0. The normalized spacial score (nSPS) is 28.8. The van der Waals surface area contributed by atoms with Gasteiger partial charge >= 0.3 is 0 Å². The lowest BCUT2D eigenvalue weighted by molar-refractivity contribution is -0.00875. The van der Waals surface area contributed by atoms with Gasteiger partial charge in [0, 0.05) is 18.3 Å². The molecule has 104 valence electrons. The highest BCUT2D eigenvalue weighted by Gasteiger charge is 2.35. The molecule has 0 amide bonds. The van der Waals surface area contributed by atoms with Crippen LogP contribution >= 0.6 is 0 Å². The molecule has 2 fully saturated rings. The zero-order valence-corrected chi connectivity index (χ0v) is 11.7. The fourth-order valence-electron chi connectivity index (χ4n) is 3.53. The number of hydrogen-bond donors (Lipinski definition) is 1. The molecule has 3 nitrogen and oxygen atoms in total. The van der Waals surface area contributed by atoms with Crippen molar-refractivity contribution in [1.82, 2.24) is 0 Å². The quantitative estimate of drug-likeness (QED) is 0.888. The Bertz CT molecular complexity index is 431. The molecule has 1 aliphatic heterocycles. The van der Waals surface area contributed by atoms with Gasteiger partial charge in [-0.15, -0.1) is 0 Å². The van der Waals surface area contributed by atoms with Crippen LogP contribution < -0.4 is 10.6 Å². The van der Waals surface area contributed by atoms with Crippen LogP contribution in [0.3, 0.4) is 0 Å². The maximum atomic E-state index is 6.13. The van der Waals surface area contributed by atoms with Crippen LogP contribution in [0.5, 0.6) is 0 Å². The molecule has 19 heavy (non-hydrogen) atoms. The first-order valence-corrected chi connectivity index (χ1v) is 7.50. The van der Waals surface area contributed by atoms with Gasteiger partial charge in [0.25, 0.3) is 0 Å². The maximum Gasteiger partial charge on any atom is 0.0779 e. The second-order valence-corrected chi connectivity index (χ2v) is 5.80. The van der Waals surface area contributed by atoms with E-state index in [1.807, 2.05) is 0 Å². The van der Waals surface area contributed by atoms with Gasteiger partial charge < -0.3 is 15.4 Å². The first-order chi connectivity index (χ1) is 9.27. The monoisotopic (exact) mass is 260 g/mol. The Morgan fingerprint density at radius 3 is 2.89 bits per heavy atom. The molecular weight excluding hydrogens is 236 g/mol. The number of rotatable bonds is 2. The van der Waals surface area contributed by atoms with Gasteiger partial charge in [-0.1, -0.05) is 31.0 Å². The van der Waals surface area contributed by atoms with Crippen molar-refractivity contribution in [3.8, 4) is 0 Å². The summed E-state index contributed by atoms with van der Waals surface area (Å²) < 4.78 is 5.96. The van der Waals surface area contributed by atoms with Crippen molar-refractivity contribution in [2.75, 3.05) is 18.1 Å². The van der Waals surface area contributed by atoms with Crippen LogP contribution in [0.2, 0.25) is 0 Å². The van der Waals surface area contributed by atoms with Crippen molar-refractivity contribution >= 4 is 5.69 Å². The van der Waals surface area contributed by atoms with Crippen LogP contribution in [0.4, 0.5) is 5.69 Å². The van der Waals surface area contributed by atoms with Gasteiger partial charge in [0.2, 0.25) is 0 Å². The van der Waals surface area contributed by atoms with Gasteiger partial charge in [-0.3, -0.25) is 0 Å². The van der Waals surface area contributed by atoms with E-state index < -0.39 is 0 Å². The zero-order valence-electron chi connectivity index (χ0n) is 11.7. The molecule has 2 aliphatic rings. The summed E-state index contributed by atoms with van der Waals surface area (Å²) in [6, 6.07) is 9.21. The first kappa shape index (κ1) is 12.9. The van der Waals surface area contributed by atoms with Crippen molar-refractivity contribution in [1.29, 1.82) is 0 Å². The Kier molecular flexibility index (Phi) is 3.76. The summed E-state index contributed by atoms with van der Waals surface area (Å²) in [4.78, 5) is 2.55. The van der Waals surface area contributed by atoms with Crippen molar-refractivity contribution in [3.05, 3.63) is 29.8 Å². The molecule has 1 aliphatic carbocycles. The molecule has 0 radical (unpaired) electrons. The summed E-state index contributed by atoms with van der Waals surface area (Å²) in [6.45, 7) is 3.90. The highest BCUT2D eigenvalue weighted by molar-refractivity contribution is 5.56. The first-order valence-electron chi connectivity index (χ1n) is 7.50. The van der Waals surface area contributed by atoms with E-state index in [4.69, 9.17) is 10.5 Å². The summed E-state index contributed by atoms with van der Waals surface area (Å²) in [5.41, 5.74) is 8.71. The number of para-hydroxylation sites is 1.